The molecule has 0 bridgehead atoms. The van der Waals surface area contributed by atoms with Crippen LogP contribution in [0.2, 0.25) is 0 Å². The lowest BCUT2D eigenvalue weighted by Crippen LogP contribution is -2.38. The number of hydrogen-bond acceptors (Lipinski definition) is 5. The molecule has 0 saturated carbocycles. The molecule has 1 aliphatic carbocycles. The Morgan fingerprint density at radius 2 is 1.75 bits per heavy atom. The zero-order valence-corrected chi connectivity index (χ0v) is 23.1. The number of halogens is 1. The summed E-state index contributed by atoms with van der Waals surface area (Å²) in [7, 11) is 0. The number of benzene rings is 2. The minimum Gasteiger partial charge on any atom is -0.858 e. The summed E-state index contributed by atoms with van der Waals surface area (Å²) in [6, 6.07) is 13.5. The van der Waals surface area contributed by atoms with E-state index in [1.807, 2.05) is 38.1 Å². The Labute approximate surface area is 235 Å². The van der Waals surface area contributed by atoms with Crippen molar-refractivity contribution < 1.29 is 14.3 Å². The third kappa shape index (κ3) is 6.59. The number of piperidine rings is 1. The quantitative estimate of drug-likeness (QED) is 0.384. The van der Waals surface area contributed by atoms with Crippen LogP contribution in [0.1, 0.15) is 38.7 Å². The fourth-order valence-corrected chi connectivity index (χ4v) is 5.58. The van der Waals surface area contributed by atoms with E-state index in [9.17, 15) is 14.3 Å². The predicted molar refractivity (Wildman–Crippen MR) is 156 cm³/mol. The van der Waals surface area contributed by atoms with Crippen LogP contribution in [0.15, 0.2) is 100 Å². The normalized spacial score (nSPS) is 20.0. The molecular weight excluding hydrogens is 503 g/mol. The van der Waals surface area contributed by atoms with Gasteiger partial charge in [0.1, 0.15) is 5.82 Å². The van der Waals surface area contributed by atoms with E-state index in [4.69, 9.17) is 0 Å². The zero-order chi connectivity index (χ0) is 28.1. The smallest absolute Gasteiger partial charge is 0.220 e. The van der Waals surface area contributed by atoms with Gasteiger partial charge in [-0.25, -0.2) is 4.39 Å². The van der Waals surface area contributed by atoms with Gasteiger partial charge in [0.25, 0.3) is 0 Å². The SMILES string of the molecule is CCNC(=O)CC1CCN(CC2=CNC3C(=C2)C=CC(N=C([O-])c2ccc(-c4ccc(F)cc4)cc2)=C3C)CC1. The minimum atomic E-state index is -0.292. The van der Waals surface area contributed by atoms with Crippen molar-refractivity contribution in [3.63, 3.8) is 0 Å². The molecule has 1 saturated heterocycles. The molecular formula is C33H36FN4O2-. The highest BCUT2D eigenvalue weighted by Gasteiger charge is 2.25. The Morgan fingerprint density at radius 1 is 1.07 bits per heavy atom. The van der Waals surface area contributed by atoms with Gasteiger partial charge < -0.3 is 15.7 Å². The second-order valence-electron chi connectivity index (χ2n) is 10.7. The number of nitrogens with one attached hydrogen (secondary N) is 2. The number of hydrogen-bond donors (Lipinski definition) is 2. The van der Waals surface area contributed by atoms with Crippen LogP contribution in [-0.4, -0.2) is 48.9 Å². The van der Waals surface area contributed by atoms with Gasteiger partial charge in [0, 0.05) is 25.7 Å². The highest BCUT2D eigenvalue weighted by molar-refractivity contribution is 5.92. The average Bonchev–Trinajstić information content (AvgIpc) is 2.96. The van der Waals surface area contributed by atoms with Gasteiger partial charge in [-0.05, 0) is 103 Å². The first-order valence-corrected chi connectivity index (χ1v) is 14.1. The molecule has 3 aliphatic rings. The summed E-state index contributed by atoms with van der Waals surface area (Å²) >= 11 is 0. The maximum Gasteiger partial charge on any atom is 0.220 e. The largest absolute Gasteiger partial charge is 0.858 e. The van der Waals surface area contributed by atoms with Gasteiger partial charge in [0.05, 0.1) is 11.7 Å². The molecule has 6 nitrogen and oxygen atoms in total. The number of dihydropyridines is 1. The van der Waals surface area contributed by atoms with Crippen LogP contribution in [0.4, 0.5) is 4.39 Å². The molecule has 1 unspecified atom stereocenters. The summed E-state index contributed by atoms with van der Waals surface area (Å²) in [6.07, 6.45) is 11.0. The summed E-state index contributed by atoms with van der Waals surface area (Å²) in [6.45, 7) is 7.53. The zero-order valence-electron chi connectivity index (χ0n) is 23.1. The van der Waals surface area contributed by atoms with E-state index in [-0.39, 0.29) is 23.7 Å². The molecule has 2 aromatic rings. The molecule has 2 aromatic carbocycles. The lowest BCUT2D eigenvalue weighted by molar-refractivity contribution is -0.212. The lowest BCUT2D eigenvalue weighted by atomic mass is 9.89. The molecule has 7 heteroatoms. The van der Waals surface area contributed by atoms with Crippen LogP contribution in [0.5, 0.6) is 0 Å². The second kappa shape index (κ2) is 12.5. The Hall–Kier alpha value is -3.97. The van der Waals surface area contributed by atoms with Crippen LogP contribution in [-0.2, 0) is 4.79 Å². The highest BCUT2D eigenvalue weighted by atomic mass is 19.1. The molecule has 1 amide bonds. The summed E-state index contributed by atoms with van der Waals surface area (Å²) < 4.78 is 13.2. The summed E-state index contributed by atoms with van der Waals surface area (Å²) in [5, 5.41) is 19.4. The first-order valence-electron chi connectivity index (χ1n) is 14.1. The van der Waals surface area contributed by atoms with Crippen molar-refractivity contribution in [2.45, 2.75) is 39.2 Å². The van der Waals surface area contributed by atoms with Gasteiger partial charge >= 0.3 is 0 Å². The molecule has 2 N–H and O–H groups in total. The van der Waals surface area contributed by atoms with Crippen molar-refractivity contribution in [3.8, 4) is 11.1 Å². The molecule has 0 radical (unpaired) electrons. The predicted octanol–water partition coefficient (Wildman–Crippen LogP) is 4.46. The van der Waals surface area contributed by atoms with Gasteiger partial charge in [-0.2, -0.15) is 0 Å². The molecule has 1 fully saturated rings. The van der Waals surface area contributed by atoms with E-state index in [0.29, 0.717) is 30.1 Å². The summed E-state index contributed by atoms with van der Waals surface area (Å²) in [4.78, 5) is 18.8. The topological polar surface area (TPSA) is 79.8 Å². The van der Waals surface area contributed by atoms with Crippen molar-refractivity contribution >= 4 is 11.8 Å². The van der Waals surface area contributed by atoms with Crippen LogP contribution in [0.25, 0.3) is 11.1 Å². The van der Waals surface area contributed by atoms with Crippen LogP contribution < -0.4 is 15.7 Å². The number of carbonyl (C=O) groups is 1. The number of likely N-dealkylation sites (tertiary alicyclic amines) is 1. The van der Waals surface area contributed by atoms with E-state index >= 15 is 0 Å². The number of carbonyl (C=O) groups excluding carboxylic acids is 1. The van der Waals surface area contributed by atoms with Crippen molar-refractivity contribution in [2.75, 3.05) is 26.2 Å². The molecule has 2 aliphatic heterocycles. The molecule has 2 heterocycles. The van der Waals surface area contributed by atoms with E-state index in [1.54, 1.807) is 24.3 Å². The molecule has 0 spiro atoms. The number of amides is 1. The van der Waals surface area contributed by atoms with Crippen molar-refractivity contribution in [1.82, 2.24) is 15.5 Å². The maximum atomic E-state index is 13.2. The Morgan fingerprint density at radius 3 is 2.42 bits per heavy atom. The number of rotatable bonds is 8. The second-order valence-corrected chi connectivity index (χ2v) is 10.7. The third-order valence-corrected chi connectivity index (χ3v) is 7.88. The molecule has 40 heavy (non-hydrogen) atoms. The average molecular weight is 540 g/mol. The maximum absolute atomic E-state index is 13.2. The Balaban J connectivity index is 1.18. The fourth-order valence-electron chi connectivity index (χ4n) is 5.58. The molecule has 5 rings (SSSR count). The number of allylic oxidation sites excluding steroid dienone is 1. The van der Waals surface area contributed by atoms with Gasteiger partial charge in [0.2, 0.25) is 5.91 Å². The third-order valence-electron chi connectivity index (χ3n) is 7.88. The van der Waals surface area contributed by atoms with Gasteiger partial charge in [-0.3, -0.25) is 14.7 Å². The van der Waals surface area contributed by atoms with Crippen molar-refractivity contribution in [3.05, 3.63) is 107 Å². The molecule has 0 aromatic heterocycles. The van der Waals surface area contributed by atoms with Crippen LogP contribution >= 0.6 is 0 Å². The van der Waals surface area contributed by atoms with E-state index in [2.05, 4.69) is 32.8 Å². The molecule has 208 valence electrons. The highest BCUT2D eigenvalue weighted by Crippen LogP contribution is 2.29. The van der Waals surface area contributed by atoms with Crippen LogP contribution in [0, 0.1) is 11.7 Å². The first-order chi connectivity index (χ1) is 19.4. The summed E-state index contributed by atoms with van der Waals surface area (Å²) in [5.41, 5.74) is 6.38. The number of fused-ring (bicyclic) bond motifs is 1. The lowest BCUT2D eigenvalue weighted by Gasteiger charge is -2.34. The van der Waals surface area contributed by atoms with Gasteiger partial charge in [-0.15, -0.1) is 0 Å². The van der Waals surface area contributed by atoms with Crippen LogP contribution in [0.3, 0.4) is 0 Å². The van der Waals surface area contributed by atoms with E-state index < -0.39 is 0 Å². The fraction of sp³-hybridized carbons (Fsp3) is 0.333. The van der Waals surface area contributed by atoms with Gasteiger partial charge in [0.15, 0.2) is 0 Å². The minimum absolute atomic E-state index is 0.0102. The van der Waals surface area contributed by atoms with E-state index in [0.717, 1.165) is 54.7 Å². The first kappa shape index (κ1) is 27.6. The summed E-state index contributed by atoms with van der Waals surface area (Å²) in [5.74, 6) is 0.0630. The molecule has 1 atom stereocenters. The monoisotopic (exact) mass is 539 g/mol. The number of aliphatic imine (C=N–C) groups is 1. The van der Waals surface area contributed by atoms with Crippen molar-refractivity contribution in [2.24, 2.45) is 10.9 Å². The Bertz CT molecular complexity index is 1380. The standard InChI is InChI=1S/C33H37FN4O2/c1-3-35-31(39)19-23-14-16-38(17-15-23)21-24-18-28-10-13-30(22(2)32(28)36-20-24)37-33(40)27-6-4-25(5-7-27)26-8-11-29(34)12-9-26/h4-13,18,20,23,32,36H,3,14-17,19,21H2,1-2H3,(H,35,39)(H,37,40)/p-1. The van der Waals surface area contributed by atoms with E-state index in [1.165, 1.54) is 17.7 Å². The van der Waals surface area contributed by atoms with Crippen molar-refractivity contribution in [1.29, 1.82) is 0 Å². The van der Waals surface area contributed by atoms with Gasteiger partial charge in [-0.1, -0.05) is 48.6 Å². The number of nitrogens with zero attached hydrogens (tertiary/aromatic N) is 2. The Kier molecular flexibility index (Phi) is 8.60.